The van der Waals surface area contributed by atoms with E-state index in [4.69, 9.17) is 4.74 Å². The third kappa shape index (κ3) is 5.16. The highest BCUT2D eigenvalue weighted by Gasteiger charge is 2.07. The van der Waals surface area contributed by atoms with Crippen molar-refractivity contribution in [2.75, 3.05) is 7.11 Å². The lowest BCUT2D eigenvalue weighted by atomic mass is 10.1. The lowest BCUT2D eigenvalue weighted by Gasteiger charge is -2.04. The van der Waals surface area contributed by atoms with Crippen LogP contribution in [0.25, 0.3) is 0 Å². The lowest BCUT2D eigenvalue weighted by molar-refractivity contribution is -0.120. The number of carbonyl (C=O) groups excluding carboxylic acids is 1. The Bertz CT molecular complexity index is 813. The largest absolute Gasteiger partial charge is 0.497 e. The van der Waals surface area contributed by atoms with Crippen molar-refractivity contribution in [1.82, 2.24) is 10.3 Å². The number of thiazole rings is 1. The molecule has 0 aliphatic rings. The van der Waals surface area contributed by atoms with E-state index in [1.807, 2.05) is 48.7 Å². The summed E-state index contributed by atoms with van der Waals surface area (Å²) in [6, 6.07) is 17.8. The van der Waals surface area contributed by atoms with Gasteiger partial charge in [-0.2, -0.15) is 0 Å². The van der Waals surface area contributed by atoms with E-state index in [1.54, 1.807) is 18.4 Å². The summed E-state index contributed by atoms with van der Waals surface area (Å²) < 4.78 is 5.12. The number of ether oxygens (including phenoxy) is 1. The van der Waals surface area contributed by atoms with Crippen molar-refractivity contribution in [2.45, 2.75) is 19.4 Å². The topological polar surface area (TPSA) is 51.2 Å². The second kappa shape index (κ2) is 8.44. The molecule has 1 amide bonds. The van der Waals surface area contributed by atoms with Crippen LogP contribution in [0.4, 0.5) is 0 Å². The van der Waals surface area contributed by atoms with Crippen molar-refractivity contribution in [2.24, 2.45) is 0 Å². The number of hydrogen-bond acceptors (Lipinski definition) is 4. The van der Waals surface area contributed by atoms with E-state index in [9.17, 15) is 4.79 Å². The minimum absolute atomic E-state index is 0.00928. The molecule has 4 nitrogen and oxygen atoms in total. The van der Waals surface area contributed by atoms with Gasteiger partial charge in [0.2, 0.25) is 5.91 Å². The fraction of sp³-hybridized carbons (Fsp3) is 0.200. The number of methoxy groups -OCH3 is 1. The van der Waals surface area contributed by atoms with Gasteiger partial charge in [-0.1, -0.05) is 42.5 Å². The van der Waals surface area contributed by atoms with Crippen LogP contribution < -0.4 is 10.1 Å². The van der Waals surface area contributed by atoms with Gasteiger partial charge in [0.05, 0.1) is 20.1 Å². The van der Waals surface area contributed by atoms with Crippen LogP contribution in [-0.2, 0) is 24.2 Å². The fourth-order valence-corrected chi connectivity index (χ4v) is 3.37. The zero-order chi connectivity index (χ0) is 17.5. The van der Waals surface area contributed by atoms with Crippen LogP contribution in [0.15, 0.2) is 60.8 Å². The fourth-order valence-electron chi connectivity index (χ4n) is 2.47. The van der Waals surface area contributed by atoms with E-state index in [2.05, 4.69) is 22.4 Å². The highest BCUT2D eigenvalue weighted by Crippen LogP contribution is 2.17. The van der Waals surface area contributed by atoms with Crippen LogP contribution in [-0.4, -0.2) is 18.0 Å². The van der Waals surface area contributed by atoms with E-state index in [-0.39, 0.29) is 5.91 Å². The molecule has 0 atom stereocenters. The predicted molar refractivity (Wildman–Crippen MR) is 99.9 cm³/mol. The Hall–Kier alpha value is -2.66. The third-order valence-corrected chi connectivity index (χ3v) is 4.78. The Morgan fingerprint density at radius 2 is 1.84 bits per heavy atom. The van der Waals surface area contributed by atoms with Gasteiger partial charge in [-0.05, 0) is 23.3 Å². The number of nitrogens with zero attached hydrogens (tertiary/aromatic N) is 1. The van der Waals surface area contributed by atoms with Crippen LogP contribution >= 0.6 is 11.3 Å². The van der Waals surface area contributed by atoms with Crippen LogP contribution in [0, 0.1) is 0 Å². The van der Waals surface area contributed by atoms with E-state index in [0.29, 0.717) is 13.0 Å². The summed E-state index contributed by atoms with van der Waals surface area (Å²) in [6.45, 7) is 0.467. The quantitative estimate of drug-likeness (QED) is 0.707. The summed E-state index contributed by atoms with van der Waals surface area (Å²) in [5.74, 6) is 0.780. The SMILES string of the molecule is COc1ccc(CC(=O)NCc2ncc(Cc3ccccc3)s2)cc1. The maximum atomic E-state index is 12.1. The van der Waals surface area contributed by atoms with Gasteiger partial charge in [-0.15, -0.1) is 11.3 Å². The summed E-state index contributed by atoms with van der Waals surface area (Å²) in [5.41, 5.74) is 2.23. The molecular formula is C20H20N2O2S. The summed E-state index contributed by atoms with van der Waals surface area (Å²) in [7, 11) is 1.63. The molecule has 0 saturated carbocycles. The van der Waals surface area contributed by atoms with Gasteiger partial charge < -0.3 is 10.1 Å². The maximum absolute atomic E-state index is 12.1. The average Bonchev–Trinajstić information content (AvgIpc) is 3.09. The van der Waals surface area contributed by atoms with E-state index in [0.717, 1.165) is 22.7 Å². The summed E-state index contributed by atoms with van der Waals surface area (Å²) in [6.07, 6.45) is 3.12. The van der Waals surface area contributed by atoms with Crippen LogP contribution in [0.1, 0.15) is 21.0 Å². The molecular weight excluding hydrogens is 332 g/mol. The highest BCUT2D eigenvalue weighted by molar-refractivity contribution is 7.11. The first-order valence-corrected chi connectivity index (χ1v) is 8.92. The molecule has 0 radical (unpaired) electrons. The van der Waals surface area contributed by atoms with Gasteiger partial charge in [-0.25, -0.2) is 4.98 Å². The Morgan fingerprint density at radius 3 is 2.56 bits per heavy atom. The zero-order valence-corrected chi connectivity index (χ0v) is 14.9. The Morgan fingerprint density at radius 1 is 1.08 bits per heavy atom. The molecule has 3 rings (SSSR count). The van der Waals surface area contributed by atoms with Gasteiger partial charge in [-0.3, -0.25) is 4.79 Å². The summed E-state index contributed by atoms with van der Waals surface area (Å²) >= 11 is 1.64. The molecule has 0 spiro atoms. The van der Waals surface area contributed by atoms with E-state index < -0.39 is 0 Å². The van der Waals surface area contributed by atoms with Gasteiger partial charge in [0, 0.05) is 17.5 Å². The molecule has 25 heavy (non-hydrogen) atoms. The Kier molecular flexibility index (Phi) is 5.80. The Labute approximate surface area is 151 Å². The molecule has 5 heteroatoms. The van der Waals surface area contributed by atoms with Gasteiger partial charge >= 0.3 is 0 Å². The van der Waals surface area contributed by atoms with Crippen LogP contribution in [0.2, 0.25) is 0 Å². The number of aromatic nitrogens is 1. The van der Waals surface area contributed by atoms with Gasteiger partial charge in [0.1, 0.15) is 10.8 Å². The first-order chi connectivity index (χ1) is 12.2. The first-order valence-electron chi connectivity index (χ1n) is 8.10. The molecule has 0 saturated heterocycles. The minimum Gasteiger partial charge on any atom is -0.497 e. The third-order valence-electron chi connectivity index (χ3n) is 3.78. The van der Waals surface area contributed by atoms with Crippen LogP contribution in [0.5, 0.6) is 5.75 Å². The van der Waals surface area contributed by atoms with Crippen molar-refractivity contribution in [1.29, 1.82) is 0 Å². The second-order valence-corrected chi connectivity index (χ2v) is 6.88. The number of carbonyl (C=O) groups is 1. The van der Waals surface area contributed by atoms with Crippen molar-refractivity contribution in [3.8, 4) is 5.75 Å². The molecule has 1 heterocycles. The number of rotatable bonds is 7. The number of hydrogen-bond donors (Lipinski definition) is 1. The van der Waals surface area contributed by atoms with Crippen molar-refractivity contribution < 1.29 is 9.53 Å². The van der Waals surface area contributed by atoms with Crippen molar-refractivity contribution >= 4 is 17.2 Å². The van der Waals surface area contributed by atoms with Crippen molar-refractivity contribution in [3.05, 3.63) is 81.8 Å². The molecule has 0 bridgehead atoms. The second-order valence-electron chi connectivity index (χ2n) is 5.68. The maximum Gasteiger partial charge on any atom is 0.224 e. The molecule has 0 aliphatic carbocycles. The standard InChI is InChI=1S/C20H20N2O2S/c1-24-17-9-7-16(8-10-17)12-19(23)21-14-20-22-13-18(25-20)11-15-5-3-2-4-6-15/h2-10,13H,11-12,14H2,1H3,(H,21,23). The van der Waals surface area contributed by atoms with Gasteiger partial charge in [0.15, 0.2) is 0 Å². The summed E-state index contributed by atoms with van der Waals surface area (Å²) in [4.78, 5) is 17.7. The number of nitrogens with one attached hydrogen (secondary N) is 1. The van der Waals surface area contributed by atoms with E-state index >= 15 is 0 Å². The number of benzene rings is 2. The Balaban J connectivity index is 1.48. The molecule has 1 N–H and O–H groups in total. The molecule has 3 aromatic rings. The van der Waals surface area contributed by atoms with Gasteiger partial charge in [0.25, 0.3) is 0 Å². The molecule has 128 valence electrons. The molecule has 0 aliphatic heterocycles. The molecule has 2 aromatic carbocycles. The average molecular weight is 352 g/mol. The van der Waals surface area contributed by atoms with Crippen LogP contribution in [0.3, 0.4) is 0 Å². The first kappa shape index (κ1) is 17.2. The van der Waals surface area contributed by atoms with E-state index in [1.165, 1.54) is 10.4 Å². The number of amides is 1. The summed E-state index contributed by atoms with van der Waals surface area (Å²) in [5, 5.41) is 3.86. The molecule has 0 unspecified atom stereocenters. The predicted octanol–water partition coefficient (Wildman–Crippen LogP) is 3.60. The van der Waals surface area contributed by atoms with Crippen molar-refractivity contribution in [3.63, 3.8) is 0 Å². The highest BCUT2D eigenvalue weighted by atomic mass is 32.1. The smallest absolute Gasteiger partial charge is 0.224 e. The zero-order valence-electron chi connectivity index (χ0n) is 14.1. The lowest BCUT2D eigenvalue weighted by Crippen LogP contribution is -2.24. The monoisotopic (exact) mass is 352 g/mol. The molecule has 1 aromatic heterocycles. The minimum atomic E-state index is -0.00928. The normalized spacial score (nSPS) is 10.4. The molecule has 0 fully saturated rings.